The van der Waals surface area contributed by atoms with E-state index in [1.807, 2.05) is 0 Å². The second kappa shape index (κ2) is 4.97. The van der Waals surface area contributed by atoms with Crippen molar-refractivity contribution in [1.29, 1.82) is 0 Å². The Morgan fingerprint density at radius 1 is 1.25 bits per heavy atom. The van der Waals surface area contributed by atoms with Crippen molar-refractivity contribution in [2.45, 2.75) is 39.5 Å². The maximum absolute atomic E-state index is 6.10. The van der Waals surface area contributed by atoms with Gasteiger partial charge in [-0.15, -0.1) is 0 Å². The van der Waals surface area contributed by atoms with Gasteiger partial charge in [0, 0.05) is 17.2 Å². The maximum atomic E-state index is 6.10. The second-order valence-electron chi connectivity index (χ2n) is 6.10. The minimum Gasteiger partial charge on any atom is -0.383 e. The van der Waals surface area contributed by atoms with E-state index in [-0.39, 0.29) is 0 Å². The minimum atomic E-state index is 0.534. The Bertz CT molecular complexity index is 598. The molecule has 2 unspecified atom stereocenters. The van der Waals surface area contributed by atoms with Crippen molar-refractivity contribution < 1.29 is 0 Å². The molecule has 0 saturated carbocycles. The molecule has 0 aromatic heterocycles. The molecule has 3 rings (SSSR count). The molecular weight excluding hydrogens is 246 g/mol. The smallest absolute Gasteiger partial charge is 0.130 e. The number of hydrogen-bond donors (Lipinski definition) is 2. The van der Waals surface area contributed by atoms with Crippen molar-refractivity contribution in [3.63, 3.8) is 0 Å². The minimum absolute atomic E-state index is 0.534. The predicted molar refractivity (Wildman–Crippen MR) is 85.3 cm³/mol. The zero-order valence-electron chi connectivity index (χ0n) is 12.5. The van der Waals surface area contributed by atoms with Crippen LogP contribution in [0.1, 0.15) is 49.3 Å². The van der Waals surface area contributed by atoms with Gasteiger partial charge in [0.15, 0.2) is 0 Å². The van der Waals surface area contributed by atoms with E-state index in [0.29, 0.717) is 24.3 Å². The van der Waals surface area contributed by atoms with Crippen LogP contribution in [0.5, 0.6) is 0 Å². The van der Waals surface area contributed by atoms with Crippen LogP contribution in [0.15, 0.2) is 28.8 Å². The van der Waals surface area contributed by atoms with Gasteiger partial charge in [-0.25, -0.2) is 4.99 Å². The number of anilines is 1. The van der Waals surface area contributed by atoms with Crippen LogP contribution in [0.2, 0.25) is 0 Å². The molecule has 3 nitrogen and oxygen atoms in total. The van der Waals surface area contributed by atoms with Crippen LogP contribution in [0.3, 0.4) is 0 Å². The third-order valence-corrected chi connectivity index (χ3v) is 4.67. The summed E-state index contributed by atoms with van der Waals surface area (Å²) in [6, 6.07) is 4.42. The molecule has 106 valence electrons. The van der Waals surface area contributed by atoms with E-state index in [0.717, 1.165) is 11.3 Å². The number of amidine groups is 1. The highest BCUT2D eigenvalue weighted by Gasteiger charge is 2.24. The van der Waals surface area contributed by atoms with Gasteiger partial charge in [0.2, 0.25) is 0 Å². The molecule has 2 aliphatic rings. The predicted octanol–water partition coefficient (Wildman–Crippen LogP) is 3.54. The molecule has 1 heterocycles. The fourth-order valence-electron chi connectivity index (χ4n) is 3.58. The van der Waals surface area contributed by atoms with Crippen LogP contribution in [0.4, 0.5) is 5.69 Å². The number of aliphatic imine (C=N–C) groups is 1. The Balaban J connectivity index is 2.07. The molecule has 1 aliphatic carbocycles. The number of allylic oxidation sites excluding steroid dienone is 2. The lowest BCUT2D eigenvalue weighted by Gasteiger charge is -2.29. The zero-order chi connectivity index (χ0) is 14.3. The van der Waals surface area contributed by atoms with Gasteiger partial charge in [-0.3, -0.25) is 0 Å². The Morgan fingerprint density at radius 3 is 2.80 bits per heavy atom. The molecule has 0 saturated heterocycles. The topological polar surface area (TPSA) is 50.4 Å². The number of nitrogens with two attached hydrogens (primary N) is 1. The van der Waals surface area contributed by atoms with Crippen LogP contribution >= 0.6 is 0 Å². The zero-order valence-corrected chi connectivity index (χ0v) is 12.5. The molecule has 0 bridgehead atoms. The summed E-state index contributed by atoms with van der Waals surface area (Å²) in [5, 5.41) is 3.30. The number of hydrogen-bond acceptors (Lipinski definition) is 3. The van der Waals surface area contributed by atoms with Crippen molar-refractivity contribution in [3.8, 4) is 0 Å². The molecule has 3 heteroatoms. The third-order valence-electron chi connectivity index (χ3n) is 4.67. The average Bonchev–Trinajstić information content (AvgIpc) is 2.40. The quantitative estimate of drug-likeness (QED) is 0.766. The highest BCUT2D eigenvalue weighted by Crippen LogP contribution is 2.39. The van der Waals surface area contributed by atoms with Gasteiger partial charge in [0.1, 0.15) is 12.5 Å². The van der Waals surface area contributed by atoms with Crippen LogP contribution in [0, 0.1) is 12.8 Å². The first-order chi connectivity index (χ1) is 9.58. The molecule has 20 heavy (non-hydrogen) atoms. The number of rotatable bonds is 1. The first-order valence-corrected chi connectivity index (χ1v) is 7.44. The normalized spacial score (nSPS) is 25.4. The fraction of sp³-hybridized carbons (Fsp3) is 0.471. The summed E-state index contributed by atoms with van der Waals surface area (Å²) >= 11 is 0. The van der Waals surface area contributed by atoms with Crippen LogP contribution in [-0.4, -0.2) is 12.5 Å². The summed E-state index contributed by atoms with van der Waals surface area (Å²) in [5.74, 6) is 1.91. The van der Waals surface area contributed by atoms with Gasteiger partial charge in [0.25, 0.3) is 0 Å². The molecule has 0 amide bonds. The summed E-state index contributed by atoms with van der Waals surface area (Å²) in [6.45, 7) is 7.31. The van der Waals surface area contributed by atoms with Crippen molar-refractivity contribution in [2.24, 2.45) is 16.6 Å². The third kappa shape index (κ3) is 2.11. The van der Waals surface area contributed by atoms with Crippen molar-refractivity contribution in [3.05, 3.63) is 40.5 Å². The van der Waals surface area contributed by atoms with Gasteiger partial charge >= 0.3 is 0 Å². The van der Waals surface area contributed by atoms with Gasteiger partial charge in [-0.2, -0.15) is 0 Å². The van der Waals surface area contributed by atoms with Crippen LogP contribution < -0.4 is 11.1 Å². The Hall–Kier alpha value is -1.77. The van der Waals surface area contributed by atoms with Crippen LogP contribution in [0.25, 0.3) is 0 Å². The van der Waals surface area contributed by atoms with Crippen LogP contribution in [-0.2, 0) is 0 Å². The van der Waals surface area contributed by atoms with Crippen molar-refractivity contribution >= 4 is 11.5 Å². The Kier molecular flexibility index (Phi) is 3.28. The molecule has 1 aliphatic heterocycles. The Labute approximate surface area is 121 Å². The SMILES string of the molecule is CC1=CC(C)CCC1c1ccc2c(c1C)C(N)=NCN2. The summed E-state index contributed by atoms with van der Waals surface area (Å²) < 4.78 is 0. The molecule has 2 atom stereocenters. The molecule has 3 N–H and O–H groups in total. The summed E-state index contributed by atoms with van der Waals surface area (Å²) in [7, 11) is 0. The lowest BCUT2D eigenvalue weighted by atomic mass is 9.77. The first-order valence-electron chi connectivity index (χ1n) is 7.44. The lowest BCUT2D eigenvalue weighted by Crippen LogP contribution is -2.25. The molecule has 1 aromatic rings. The van der Waals surface area contributed by atoms with Gasteiger partial charge in [0.05, 0.1) is 0 Å². The lowest BCUT2D eigenvalue weighted by molar-refractivity contribution is 0.524. The highest BCUT2D eigenvalue weighted by molar-refractivity contribution is 6.05. The van der Waals surface area contributed by atoms with Gasteiger partial charge in [-0.05, 0) is 49.8 Å². The Morgan fingerprint density at radius 2 is 2.05 bits per heavy atom. The van der Waals surface area contributed by atoms with E-state index in [2.05, 4.69) is 49.3 Å². The van der Waals surface area contributed by atoms with E-state index in [9.17, 15) is 0 Å². The standard InChI is InChI=1S/C17H23N3/c1-10-4-5-13(11(2)8-10)14-6-7-15-16(12(14)3)17(18)20-9-19-15/h6-8,10,13,19H,4-5,9H2,1-3H3,(H2,18,20). The second-order valence-corrected chi connectivity index (χ2v) is 6.10. The van der Waals surface area contributed by atoms with E-state index in [1.54, 1.807) is 0 Å². The molecule has 0 fully saturated rings. The summed E-state index contributed by atoms with van der Waals surface area (Å²) in [5.41, 5.74) is 12.5. The summed E-state index contributed by atoms with van der Waals surface area (Å²) in [6.07, 6.45) is 4.91. The number of nitrogens with one attached hydrogen (secondary N) is 1. The maximum Gasteiger partial charge on any atom is 0.130 e. The molecule has 0 spiro atoms. The van der Waals surface area contributed by atoms with E-state index < -0.39 is 0 Å². The van der Waals surface area contributed by atoms with Crippen molar-refractivity contribution in [1.82, 2.24) is 0 Å². The van der Waals surface area contributed by atoms with Gasteiger partial charge < -0.3 is 11.1 Å². The number of nitrogens with zero attached hydrogens (tertiary/aromatic N) is 1. The van der Waals surface area contributed by atoms with Gasteiger partial charge in [-0.1, -0.05) is 24.6 Å². The molecule has 1 aromatic carbocycles. The molecule has 0 radical (unpaired) electrons. The highest BCUT2D eigenvalue weighted by atomic mass is 15.1. The summed E-state index contributed by atoms with van der Waals surface area (Å²) in [4.78, 5) is 4.32. The average molecular weight is 269 g/mol. The first kappa shape index (κ1) is 13.2. The monoisotopic (exact) mass is 269 g/mol. The van der Waals surface area contributed by atoms with E-state index in [4.69, 9.17) is 5.73 Å². The number of fused-ring (bicyclic) bond motifs is 1. The largest absolute Gasteiger partial charge is 0.383 e. The molecular formula is C17H23N3. The van der Waals surface area contributed by atoms with E-state index in [1.165, 1.54) is 29.5 Å². The fourth-order valence-corrected chi connectivity index (χ4v) is 3.58. The van der Waals surface area contributed by atoms with E-state index >= 15 is 0 Å². The number of benzene rings is 1. The van der Waals surface area contributed by atoms with Crippen molar-refractivity contribution in [2.75, 3.05) is 12.0 Å².